The van der Waals surface area contributed by atoms with Crippen molar-refractivity contribution in [2.45, 2.75) is 13.8 Å². The van der Waals surface area contributed by atoms with E-state index in [1.54, 1.807) is 19.9 Å². The van der Waals surface area contributed by atoms with Gasteiger partial charge in [0.05, 0.1) is 12.8 Å². The molecule has 0 saturated heterocycles. The van der Waals surface area contributed by atoms with Crippen LogP contribution in [0.3, 0.4) is 0 Å². The van der Waals surface area contributed by atoms with Crippen LogP contribution in [0.4, 0.5) is 0 Å². The maximum Gasteiger partial charge on any atom is 0.360 e. The molecule has 0 spiro atoms. The van der Waals surface area contributed by atoms with Crippen molar-refractivity contribution in [3.63, 3.8) is 0 Å². The number of carbonyl (C=O) groups is 2. The van der Waals surface area contributed by atoms with E-state index in [0.717, 1.165) is 0 Å². The first-order valence-corrected chi connectivity index (χ1v) is 6.77. The highest BCUT2D eigenvalue weighted by atomic mass is 16.5. The number of hydrogen-bond donors (Lipinski definition) is 2. The summed E-state index contributed by atoms with van der Waals surface area (Å²) in [4.78, 5) is 23.2. The topological polar surface area (TPSA) is 106 Å². The van der Waals surface area contributed by atoms with Crippen LogP contribution in [0.15, 0.2) is 24.4 Å². The number of carbonyl (C=O) groups excluding carboxylic acids is 2. The molecule has 1 aromatic heterocycles. The van der Waals surface area contributed by atoms with Gasteiger partial charge in [-0.1, -0.05) is 5.21 Å². The molecule has 0 radical (unpaired) electrons. The minimum absolute atomic E-state index is 0.0362. The van der Waals surface area contributed by atoms with E-state index in [-0.39, 0.29) is 24.0 Å². The molecule has 0 aliphatic rings. The molecule has 0 aliphatic carbocycles. The Balaban J connectivity index is 2.26. The lowest BCUT2D eigenvalue weighted by Gasteiger charge is -2.06. The van der Waals surface area contributed by atoms with Gasteiger partial charge in [-0.15, -0.1) is 5.10 Å². The largest absolute Gasteiger partial charge is 0.506 e. The molecule has 0 bridgehead atoms. The molecule has 2 N–H and O–H groups in total. The Labute approximate surface area is 126 Å². The monoisotopic (exact) mass is 304 g/mol. The number of rotatable bonds is 5. The number of ether oxygens (including phenoxy) is 1. The zero-order valence-corrected chi connectivity index (χ0v) is 12.2. The van der Waals surface area contributed by atoms with Crippen LogP contribution in [0.1, 0.15) is 34.7 Å². The number of aromatic hydroxyl groups is 1. The zero-order chi connectivity index (χ0) is 16.1. The second-order valence-electron chi connectivity index (χ2n) is 4.33. The molecule has 0 atom stereocenters. The highest BCUT2D eigenvalue weighted by Gasteiger charge is 2.15. The molecule has 2 aromatic rings. The number of nitrogens with zero attached hydrogens (tertiary/aromatic N) is 3. The SMILES string of the molecule is CCNC(=O)c1ccc(-n2cc(C(=O)OCC)nn2)c(O)c1. The van der Waals surface area contributed by atoms with Crippen LogP contribution < -0.4 is 5.32 Å². The molecule has 22 heavy (non-hydrogen) atoms. The zero-order valence-electron chi connectivity index (χ0n) is 12.2. The third kappa shape index (κ3) is 3.22. The molecule has 1 amide bonds. The van der Waals surface area contributed by atoms with Crippen molar-refractivity contribution in [3.05, 3.63) is 35.7 Å². The molecule has 0 saturated carbocycles. The highest BCUT2D eigenvalue weighted by Crippen LogP contribution is 2.22. The highest BCUT2D eigenvalue weighted by molar-refractivity contribution is 5.95. The van der Waals surface area contributed by atoms with Gasteiger partial charge in [0.25, 0.3) is 5.91 Å². The van der Waals surface area contributed by atoms with Gasteiger partial charge >= 0.3 is 5.97 Å². The number of benzene rings is 1. The van der Waals surface area contributed by atoms with Crippen molar-refractivity contribution in [1.29, 1.82) is 0 Å². The predicted octanol–water partition coefficient (Wildman–Crippen LogP) is 0.899. The third-order valence-corrected chi connectivity index (χ3v) is 2.80. The number of phenolic OH excluding ortho intramolecular Hbond substituents is 1. The molecule has 2 rings (SSSR count). The number of phenols is 1. The molecule has 1 aromatic carbocycles. The van der Waals surface area contributed by atoms with E-state index in [1.807, 2.05) is 0 Å². The van der Waals surface area contributed by atoms with Crippen molar-refractivity contribution < 1.29 is 19.4 Å². The Hall–Kier alpha value is -2.90. The summed E-state index contributed by atoms with van der Waals surface area (Å²) in [7, 11) is 0. The summed E-state index contributed by atoms with van der Waals surface area (Å²) in [6, 6.07) is 4.39. The smallest absolute Gasteiger partial charge is 0.360 e. The minimum atomic E-state index is -0.591. The third-order valence-electron chi connectivity index (χ3n) is 2.80. The van der Waals surface area contributed by atoms with Crippen LogP contribution in [0.25, 0.3) is 5.69 Å². The second-order valence-corrected chi connectivity index (χ2v) is 4.33. The Kier molecular flexibility index (Phi) is 4.72. The molecule has 0 unspecified atom stereocenters. The number of aromatic nitrogens is 3. The van der Waals surface area contributed by atoms with Crippen LogP contribution in [-0.4, -0.2) is 45.1 Å². The molecule has 1 heterocycles. The first-order valence-electron chi connectivity index (χ1n) is 6.77. The standard InChI is InChI=1S/C14H16N4O4/c1-3-15-13(20)9-5-6-11(12(19)7-9)18-8-10(16-17-18)14(21)22-4-2/h5-8,19H,3-4H2,1-2H3,(H,15,20). The van der Waals surface area contributed by atoms with Crippen LogP contribution in [0.5, 0.6) is 5.75 Å². The summed E-state index contributed by atoms with van der Waals surface area (Å²) in [5.41, 5.74) is 0.666. The maximum absolute atomic E-state index is 11.7. The van der Waals surface area contributed by atoms with E-state index in [1.165, 1.54) is 23.0 Å². The van der Waals surface area contributed by atoms with Crippen molar-refractivity contribution in [1.82, 2.24) is 20.3 Å². The molecule has 0 fully saturated rings. The Bertz CT molecular complexity index is 696. The fraction of sp³-hybridized carbons (Fsp3) is 0.286. The van der Waals surface area contributed by atoms with Crippen molar-refractivity contribution in [2.75, 3.05) is 13.2 Å². The molecule has 8 nitrogen and oxygen atoms in total. The van der Waals surface area contributed by atoms with Gasteiger partial charge in [-0.25, -0.2) is 9.48 Å². The summed E-state index contributed by atoms with van der Waals surface area (Å²) in [5.74, 6) is -1.02. The number of esters is 1. The first kappa shape index (κ1) is 15.5. The van der Waals surface area contributed by atoms with Gasteiger partial charge in [-0.2, -0.15) is 0 Å². The average Bonchev–Trinajstić information content (AvgIpc) is 2.97. The Morgan fingerprint density at radius 1 is 1.36 bits per heavy atom. The molecule has 0 aliphatic heterocycles. The van der Waals surface area contributed by atoms with E-state index in [9.17, 15) is 14.7 Å². The lowest BCUT2D eigenvalue weighted by Crippen LogP contribution is -2.22. The molecular weight excluding hydrogens is 288 g/mol. The summed E-state index contributed by atoms with van der Waals surface area (Å²) in [5, 5.41) is 20.1. The number of nitrogens with one attached hydrogen (secondary N) is 1. The number of hydrogen-bond acceptors (Lipinski definition) is 6. The maximum atomic E-state index is 11.7. The molecule has 116 valence electrons. The lowest BCUT2D eigenvalue weighted by atomic mass is 10.1. The Morgan fingerprint density at radius 2 is 2.14 bits per heavy atom. The van der Waals surface area contributed by atoms with Gasteiger partial charge in [0.15, 0.2) is 5.69 Å². The van der Waals surface area contributed by atoms with Crippen LogP contribution in [-0.2, 0) is 4.74 Å². The number of amides is 1. The lowest BCUT2D eigenvalue weighted by molar-refractivity contribution is 0.0519. The quantitative estimate of drug-likeness (QED) is 0.795. The fourth-order valence-corrected chi connectivity index (χ4v) is 1.80. The van der Waals surface area contributed by atoms with Crippen LogP contribution in [0, 0.1) is 0 Å². The minimum Gasteiger partial charge on any atom is -0.506 e. The van der Waals surface area contributed by atoms with E-state index < -0.39 is 5.97 Å². The summed E-state index contributed by atoms with van der Waals surface area (Å²) in [6.07, 6.45) is 1.35. The van der Waals surface area contributed by atoms with Crippen molar-refractivity contribution >= 4 is 11.9 Å². The summed E-state index contributed by atoms with van der Waals surface area (Å²) >= 11 is 0. The van der Waals surface area contributed by atoms with Crippen molar-refractivity contribution in [2.24, 2.45) is 0 Å². The van der Waals surface area contributed by atoms with Gasteiger partial charge in [0.1, 0.15) is 11.4 Å². The predicted molar refractivity (Wildman–Crippen MR) is 77.0 cm³/mol. The van der Waals surface area contributed by atoms with Gasteiger partial charge in [-0.05, 0) is 32.0 Å². The normalized spacial score (nSPS) is 10.3. The van der Waals surface area contributed by atoms with Gasteiger partial charge in [0.2, 0.25) is 0 Å². The van der Waals surface area contributed by atoms with E-state index in [0.29, 0.717) is 17.8 Å². The van der Waals surface area contributed by atoms with Crippen LogP contribution >= 0.6 is 0 Å². The molecule has 8 heteroatoms. The first-order chi connectivity index (χ1) is 10.6. The average molecular weight is 304 g/mol. The second kappa shape index (κ2) is 6.70. The van der Waals surface area contributed by atoms with Crippen molar-refractivity contribution in [3.8, 4) is 11.4 Å². The van der Waals surface area contributed by atoms with Gasteiger partial charge in [-0.3, -0.25) is 4.79 Å². The summed E-state index contributed by atoms with van der Waals surface area (Å²) in [6.45, 7) is 4.22. The molecular formula is C14H16N4O4. The van der Waals surface area contributed by atoms with E-state index in [2.05, 4.69) is 15.6 Å². The summed E-state index contributed by atoms with van der Waals surface area (Å²) < 4.78 is 6.05. The van der Waals surface area contributed by atoms with Gasteiger partial charge < -0.3 is 15.2 Å². The van der Waals surface area contributed by atoms with E-state index >= 15 is 0 Å². The Morgan fingerprint density at radius 3 is 2.77 bits per heavy atom. The van der Waals surface area contributed by atoms with Crippen LogP contribution in [0.2, 0.25) is 0 Å². The van der Waals surface area contributed by atoms with Gasteiger partial charge in [0, 0.05) is 12.1 Å². The van der Waals surface area contributed by atoms with E-state index in [4.69, 9.17) is 4.74 Å². The fourth-order valence-electron chi connectivity index (χ4n) is 1.80.